The zero-order valence-electron chi connectivity index (χ0n) is 7.23. The molecule has 5 nitrogen and oxygen atoms in total. The summed E-state index contributed by atoms with van der Waals surface area (Å²) in [5, 5.41) is 2.49. The van der Waals surface area contributed by atoms with E-state index >= 15 is 0 Å². The summed E-state index contributed by atoms with van der Waals surface area (Å²) in [5.74, 6) is 0.717. The van der Waals surface area contributed by atoms with Crippen LogP contribution in [0.25, 0.3) is 0 Å². The molecular weight excluding hydrogens is 189 g/mol. The molecule has 0 spiro atoms. The smallest absolute Gasteiger partial charge is 0.298 e. The fourth-order valence-corrected chi connectivity index (χ4v) is 1.42. The van der Waals surface area contributed by atoms with E-state index in [1.165, 1.54) is 0 Å². The second-order valence-electron chi connectivity index (χ2n) is 2.55. The highest BCUT2D eigenvalue weighted by Gasteiger charge is 2.06. The van der Waals surface area contributed by atoms with E-state index in [9.17, 15) is 4.57 Å². The average molecular weight is 201 g/mol. The first-order valence-corrected chi connectivity index (χ1v) is 5.45. The summed E-state index contributed by atoms with van der Waals surface area (Å²) in [7, 11) is -1.63. The van der Waals surface area contributed by atoms with Crippen molar-refractivity contribution < 1.29 is 9.30 Å². The summed E-state index contributed by atoms with van der Waals surface area (Å²) in [6.45, 7) is 0. The molecular formula is C7H12N3O2P. The minimum absolute atomic E-state index is 0.606. The Labute approximate surface area is 76.6 Å². The van der Waals surface area contributed by atoms with E-state index in [1.54, 1.807) is 31.4 Å². The number of rotatable bonds is 3. The molecule has 0 bridgehead atoms. The molecule has 1 aromatic carbocycles. The molecule has 0 aliphatic heterocycles. The van der Waals surface area contributed by atoms with E-state index in [0.29, 0.717) is 5.69 Å². The van der Waals surface area contributed by atoms with Gasteiger partial charge in [0.15, 0.2) is 0 Å². The highest BCUT2D eigenvalue weighted by Crippen LogP contribution is 2.28. The number of methoxy groups -OCH3 is 1. The summed E-state index contributed by atoms with van der Waals surface area (Å²) in [6, 6.07) is 6.81. The van der Waals surface area contributed by atoms with E-state index < -0.39 is 7.59 Å². The molecule has 0 radical (unpaired) electrons. The molecule has 0 saturated heterocycles. The second kappa shape index (κ2) is 3.79. The van der Waals surface area contributed by atoms with Crippen molar-refractivity contribution in [2.75, 3.05) is 12.2 Å². The van der Waals surface area contributed by atoms with Gasteiger partial charge in [-0.2, -0.15) is 0 Å². The maximum Gasteiger partial charge on any atom is 0.298 e. The van der Waals surface area contributed by atoms with Gasteiger partial charge in [0.05, 0.1) is 7.11 Å². The lowest BCUT2D eigenvalue weighted by Gasteiger charge is -2.10. The van der Waals surface area contributed by atoms with Crippen LogP contribution >= 0.6 is 7.59 Å². The Kier molecular flexibility index (Phi) is 2.93. The number of benzene rings is 1. The number of ether oxygens (including phenoxy) is 1. The van der Waals surface area contributed by atoms with E-state index in [-0.39, 0.29) is 0 Å². The highest BCUT2D eigenvalue weighted by atomic mass is 31.2. The molecule has 1 rings (SSSR count). The van der Waals surface area contributed by atoms with Gasteiger partial charge in [-0.05, 0) is 24.3 Å². The van der Waals surface area contributed by atoms with Gasteiger partial charge in [-0.1, -0.05) is 0 Å². The topological polar surface area (TPSA) is 90.4 Å². The molecule has 0 fully saturated rings. The third-order valence-electron chi connectivity index (χ3n) is 1.39. The van der Waals surface area contributed by atoms with Gasteiger partial charge in [-0.25, -0.2) is 0 Å². The van der Waals surface area contributed by atoms with Gasteiger partial charge in [0.1, 0.15) is 5.75 Å². The molecule has 0 saturated carbocycles. The highest BCUT2D eigenvalue weighted by molar-refractivity contribution is 7.60. The lowest BCUT2D eigenvalue weighted by atomic mass is 10.3. The molecule has 0 aliphatic rings. The maximum absolute atomic E-state index is 11.0. The fraction of sp³-hybridized carbons (Fsp3) is 0.143. The molecule has 0 unspecified atom stereocenters. The number of hydrogen-bond acceptors (Lipinski definition) is 2. The van der Waals surface area contributed by atoms with E-state index in [0.717, 1.165) is 5.75 Å². The minimum Gasteiger partial charge on any atom is -0.497 e. The van der Waals surface area contributed by atoms with Crippen LogP contribution in [0.5, 0.6) is 5.75 Å². The molecule has 5 N–H and O–H groups in total. The quantitative estimate of drug-likeness (QED) is 0.638. The van der Waals surface area contributed by atoms with E-state index in [1.807, 2.05) is 0 Å². The Bertz CT molecular complexity index is 319. The predicted molar refractivity (Wildman–Crippen MR) is 52.6 cm³/mol. The van der Waals surface area contributed by atoms with Crippen LogP contribution in [0, 0.1) is 0 Å². The standard InChI is InChI=1S/C7H12N3O2P/c1-12-7-4-2-6(3-5-7)10-13(8,9)11/h2-5H,1H3,(H5,8,9,10,11). The molecule has 0 heterocycles. The first kappa shape index (κ1) is 10.1. The first-order chi connectivity index (χ1) is 6.01. The van der Waals surface area contributed by atoms with Crippen LogP contribution in [0.4, 0.5) is 5.69 Å². The summed E-state index contributed by atoms with van der Waals surface area (Å²) in [4.78, 5) is 0. The largest absolute Gasteiger partial charge is 0.497 e. The predicted octanol–water partition coefficient (Wildman–Crippen LogP) is 1.13. The van der Waals surface area contributed by atoms with Gasteiger partial charge in [0.2, 0.25) is 0 Å². The minimum atomic E-state index is -3.20. The van der Waals surface area contributed by atoms with Gasteiger partial charge >= 0.3 is 0 Å². The van der Waals surface area contributed by atoms with Crippen LogP contribution in [-0.4, -0.2) is 7.11 Å². The van der Waals surface area contributed by atoms with Gasteiger partial charge in [0, 0.05) is 5.69 Å². The Morgan fingerprint density at radius 3 is 2.23 bits per heavy atom. The fourth-order valence-electron chi connectivity index (χ4n) is 0.867. The summed E-state index contributed by atoms with van der Waals surface area (Å²) < 4.78 is 15.9. The molecule has 0 amide bonds. The van der Waals surface area contributed by atoms with Crippen molar-refractivity contribution in [3.63, 3.8) is 0 Å². The van der Waals surface area contributed by atoms with Crippen LogP contribution in [0.3, 0.4) is 0 Å². The van der Waals surface area contributed by atoms with Crippen LogP contribution in [0.15, 0.2) is 24.3 Å². The van der Waals surface area contributed by atoms with Gasteiger partial charge in [-0.15, -0.1) is 0 Å². The van der Waals surface area contributed by atoms with Crippen LogP contribution in [0.1, 0.15) is 0 Å². The van der Waals surface area contributed by atoms with Crippen molar-refractivity contribution in [3.8, 4) is 5.75 Å². The lowest BCUT2D eigenvalue weighted by molar-refractivity contribution is 0.415. The summed E-state index contributed by atoms with van der Waals surface area (Å²) >= 11 is 0. The van der Waals surface area contributed by atoms with Crippen molar-refractivity contribution in [2.24, 2.45) is 11.0 Å². The van der Waals surface area contributed by atoms with Crippen LogP contribution in [-0.2, 0) is 4.57 Å². The lowest BCUT2D eigenvalue weighted by Crippen LogP contribution is -2.12. The summed E-state index contributed by atoms with van der Waals surface area (Å²) in [5.41, 5.74) is 10.9. The Morgan fingerprint density at radius 2 is 1.85 bits per heavy atom. The normalized spacial score (nSPS) is 11.0. The SMILES string of the molecule is COc1ccc(NP(N)(N)=O)cc1. The average Bonchev–Trinajstić information content (AvgIpc) is 2.03. The molecule has 0 atom stereocenters. The molecule has 0 aromatic heterocycles. The van der Waals surface area contributed by atoms with Crippen LogP contribution in [0.2, 0.25) is 0 Å². The summed E-state index contributed by atoms with van der Waals surface area (Å²) in [6.07, 6.45) is 0. The number of nitrogens with two attached hydrogens (primary N) is 2. The van der Waals surface area contributed by atoms with Crippen molar-refractivity contribution in [2.45, 2.75) is 0 Å². The van der Waals surface area contributed by atoms with Crippen molar-refractivity contribution >= 4 is 13.3 Å². The Morgan fingerprint density at radius 1 is 1.31 bits per heavy atom. The second-order valence-corrected chi connectivity index (χ2v) is 4.19. The zero-order valence-corrected chi connectivity index (χ0v) is 8.12. The van der Waals surface area contributed by atoms with Crippen molar-refractivity contribution in [3.05, 3.63) is 24.3 Å². The Hall–Kier alpha value is -1.03. The third kappa shape index (κ3) is 3.46. The third-order valence-corrected chi connectivity index (χ3v) is 2.00. The Balaban J connectivity index is 2.76. The van der Waals surface area contributed by atoms with E-state index in [4.69, 9.17) is 15.7 Å². The molecule has 6 heteroatoms. The number of hydrogen-bond donors (Lipinski definition) is 3. The van der Waals surface area contributed by atoms with Crippen molar-refractivity contribution in [1.29, 1.82) is 0 Å². The monoisotopic (exact) mass is 201 g/mol. The van der Waals surface area contributed by atoms with Gasteiger partial charge in [-0.3, -0.25) is 15.6 Å². The maximum atomic E-state index is 11.0. The first-order valence-electron chi connectivity index (χ1n) is 3.61. The zero-order chi connectivity index (χ0) is 9.90. The van der Waals surface area contributed by atoms with Gasteiger partial charge in [0.25, 0.3) is 7.59 Å². The number of nitrogens with one attached hydrogen (secondary N) is 1. The molecule has 1 aromatic rings. The van der Waals surface area contributed by atoms with Gasteiger partial charge < -0.3 is 9.82 Å². The molecule has 13 heavy (non-hydrogen) atoms. The van der Waals surface area contributed by atoms with Crippen molar-refractivity contribution in [1.82, 2.24) is 0 Å². The van der Waals surface area contributed by atoms with Crippen LogP contribution < -0.4 is 20.8 Å². The van der Waals surface area contributed by atoms with E-state index in [2.05, 4.69) is 5.09 Å². The molecule has 72 valence electrons. The number of anilines is 1. The molecule has 0 aliphatic carbocycles.